The first kappa shape index (κ1) is 19.7. The van der Waals surface area contributed by atoms with Crippen LogP contribution in [0.1, 0.15) is 15.9 Å². The number of hydrogen-bond acceptors (Lipinski definition) is 5. The number of ether oxygens (including phenoxy) is 2. The van der Waals surface area contributed by atoms with Gasteiger partial charge < -0.3 is 14.4 Å². The Labute approximate surface area is 175 Å². The van der Waals surface area contributed by atoms with Crippen LogP contribution < -0.4 is 14.4 Å². The number of benzene rings is 3. The van der Waals surface area contributed by atoms with Gasteiger partial charge in [-0.15, -0.1) is 0 Å². The number of amides is 1. The van der Waals surface area contributed by atoms with E-state index >= 15 is 0 Å². The standard InChI is InChI=1S/C21H14ClFN2O5/c22-17-7-2-14(10-18(17)25(27)28)21(26)24(16-5-3-15(23)4-6-16)11-13-1-8-19-20(9-13)30-12-29-19/h1-10H,11-12H2. The van der Waals surface area contributed by atoms with Crippen molar-refractivity contribution in [3.63, 3.8) is 0 Å². The Morgan fingerprint density at radius 2 is 1.80 bits per heavy atom. The molecule has 0 unspecified atom stereocenters. The SMILES string of the molecule is O=C(c1ccc(Cl)c([N+](=O)[O-])c1)N(Cc1ccc2c(c1)OCO2)c1ccc(F)cc1. The fourth-order valence-electron chi connectivity index (χ4n) is 3.06. The zero-order valence-electron chi connectivity index (χ0n) is 15.4. The molecule has 1 heterocycles. The zero-order valence-corrected chi connectivity index (χ0v) is 16.1. The lowest BCUT2D eigenvalue weighted by Gasteiger charge is -2.23. The van der Waals surface area contributed by atoms with Crippen LogP contribution in [0.25, 0.3) is 0 Å². The maximum atomic E-state index is 13.4. The fourth-order valence-corrected chi connectivity index (χ4v) is 3.25. The van der Waals surface area contributed by atoms with Gasteiger partial charge in [0.2, 0.25) is 6.79 Å². The molecule has 3 aromatic carbocycles. The van der Waals surface area contributed by atoms with Crippen LogP contribution in [-0.4, -0.2) is 17.6 Å². The van der Waals surface area contributed by atoms with Gasteiger partial charge in [0.05, 0.1) is 11.5 Å². The molecular formula is C21H14ClFN2O5. The number of nitro benzene ring substituents is 1. The van der Waals surface area contributed by atoms with Gasteiger partial charge in [-0.3, -0.25) is 14.9 Å². The second kappa shape index (κ2) is 8.00. The number of hydrogen-bond donors (Lipinski definition) is 0. The Kier molecular flexibility index (Phi) is 5.24. The molecule has 9 heteroatoms. The van der Waals surface area contributed by atoms with E-state index in [0.29, 0.717) is 17.2 Å². The summed E-state index contributed by atoms with van der Waals surface area (Å²) in [5.74, 6) is 0.211. The summed E-state index contributed by atoms with van der Waals surface area (Å²) in [5, 5.41) is 11.1. The zero-order chi connectivity index (χ0) is 21.3. The van der Waals surface area contributed by atoms with E-state index in [1.165, 1.54) is 41.3 Å². The highest BCUT2D eigenvalue weighted by molar-refractivity contribution is 6.32. The van der Waals surface area contributed by atoms with Crippen LogP contribution in [0.2, 0.25) is 5.02 Å². The lowest BCUT2D eigenvalue weighted by molar-refractivity contribution is -0.384. The number of halogens is 2. The van der Waals surface area contributed by atoms with E-state index < -0.39 is 16.6 Å². The van der Waals surface area contributed by atoms with Crippen LogP contribution in [0.5, 0.6) is 11.5 Å². The predicted molar refractivity (Wildman–Crippen MR) is 108 cm³/mol. The number of carbonyl (C=O) groups excluding carboxylic acids is 1. The molecule has 0 atom stereocenters. The van der Waals surface area contributed by atoms with Crippen molar-refractivity contribution in [1.29, 1.82) is 0 Å². The molecule has 0 aromatic heterocycles. The minimum atomic E-state index is -0.654. The lowest BCUT2D eigenvalue weighted by atomic mass is 10.1. The maximum Gasteiger partial charge on any atom is 0.288 e. The first-order valence-corrected chi connectivity index (χ1v) is 9.20. The molecule has 4 rings (SSSR count). The van der Waals surface area contributed by atoms with Crippen LogP contribution in [0.4, 0.5) is 15.8 Å². The Bertz CT molecular complexity index is 1140. The molecule has 1 amide bonds. The van der Waals surface area contributed by atoms with Crippen molar-refractivity contribution in [3.05, 3.63) is 92.7 Å². The summed E-state index contributed by atoms with van der Waals surface area (Å²) >= 11 is 5.86. The van der Waals surface area contributed by atoms with E-state index in [1.54, 1.807) is 18.2 Å². The maximum absolute atomic E-state index is 13.4. The minimum Gasteiger partial charge on any atom is -0.454 e. The first-order chi connectivity index (χ1) is 14.4. The van der Waals surface area contributed by atoms with Crippen molar-refractivity contribution in [3.8, 4) is 11.5 Å². The first-order valence-electron chi connectivity index (χ1n) is 8.82. The molecule has 0 saturated carbocycles. The van der Waals surface area contributed by atoms with Crippen molar-refractivity contribution >= 4 is 28.9 Å². The number of carbonyl (C=O) groups is 1. The predicted octanol–water partition coefficient (Wildman–Crippen LogP) is 4.96. The number of nitro groups is 1. The van der Waals surface area contributed by atoms with E-state index in [-0.39, 0.29) is 29.6 Å². The van der Waals surface area contributed by atoms with Gasteiger partial charge in [0.15, 0.2) is 11.5 Å². The highest BCUT2D eigenvalue weighted by atomic mass is 35.5. The van der Waals surface area contributed by atoms with Gasteiger partial charge in [-0.1, -0.05) is 17.7 Å². The molecule has 7 nitrogen and oxygen atoms in total. The largest absolute Gasteiger partial charge is 0.454 e. The Hall–Kier alpha value is -3.65. The number of nitrogens with zero attached hydrogens (tertiary/aromatic N) is 2. The summed E-state index contributed by atoms with van der Waals surface area (Å²) in [4.78, 5) is 25.2. The summed E-state index contributed by atoms with van der Waals surface area (Å²) < 4.78 is 24.1. The Morgan fingerprint density at radius 3 is 2.53 bits per heavy atom. The molecule has 0 aliphatic carbocycles. The average molecular weight is 429 g/mol. The molecule has 0 saturated heterocycles. The van der Waals surface area contributed by atoms with Gasteiger partial charge >= 0.3 is 0 Å². The third kappa shape index (κ3) is 3.90. The summed E-state index contributed by atoms with van der Waals surface area (Å²) in [6.07, 6.45) is 0. The van der Waals surface area contributed by atoms with Gasteiger partial charge in [0, 0.05) is 17.3 Å². The Balaban J connectivity index is 1.72. The van der Waals surface area contributed by atoms with Crippen LogP contribution in [0.15, 0.2) is 60.7 Å². The Morgan fingerprint density at radius 1 is 1.07 bits per heavy atom. The van der Waals surface area contributed by atoms with E-state index in [1.807, 2.05) is 0 Å². The summed E-state index contributed by atoms with van der Waals surface area (Å²) in [6, 6.07) is 14.5. The van der Waals surface area contributed by atoms with Crippen molar-refractivity contribution in [1.82, 2.24) is 0 Å². The molecular weight excluding hydrogens is 415 g/mol. The second-order valence-electron chi connectivity index (χ2n) is 6.48. The normalized spacial score (nSPS) is 11.9. The molecule has 0 radical (unpaired) electrons. The van der Waals surface area contributed by atoms with E-state index in [9.17, 15) is 19.3 Å². The number of anilines is 1. The molecule has 3 aromatic rings. The molecule has 0 bridgehead atoms. The molecule has 0 N–H and O–H groups in total. The number of fused-ring (bicyclic) bond motifs is 1. The molecule has 0 fully saturated rings. The molecule has 30 heavy (non-hydrogen) atoms. The minimum absolute atomic E-state index is 0.0688. The van der Waals surface area contributed by atoms with Crippen LogP contribution in [0, 0.1) is 15.9 Å². The second-order valence-corrected chi connectivity index (χ2v) is 6.89. The third-order valence-electron chi connectivity index (χ3n) is 4.55. The topological polar surface area (TPSA) is 81.9 Å². The van der Waals surface area contributed by atoms with Gasteiger partial charge in [0.1, 0.15) is 10.8 Å². The molecule has 0 spiro atoms. The molecule has 152 valence electrons. The molecule has 1 aliphatic heterocycles. The summed E-state index contributed by atoms with van der Waals surface area (Å²) in [7, 11) is 0. The van der Waals surface area contributed by atoms with Crippen LogP contribution in [-0.2, 0) is 6.54 Å². The van der Waals surface area contributed by atoms with Crippen molar-refractivity contribution in [2.75, 3.05) is 11.7 Å². The van der Waals surface area contributed by atoms with E-state index in [4.69, 9.17) is 21.1 Å². The van der Waals surface area contributed by atoms with Crippen LogP contribution >= 0.6 is 11.6 Å². The fraction of sp³-hybridized carbons (Fsp3) is 0.0952. The summed E-state index contributed by atoms with van der Waals surface area (Å²) in [5.41, 5.74) is 0.873. The highest BCUT2D eigenvalue weighted by Crippen LogP contribution is 2.34. The quantitative estimate of drug-likeness (QED) is 0.423. The van der Waals surface area contributed by atoms with Crippen LogP contribution in [0.3, 0.4) is 0 Å². The van der Waals surface area contributed by atoms with Gasteiger partial charge in [0.25, 0.3) is 11.6 Å². The molecule has 1 aliphatic rings. The van der Waals surface area contributed by atoms with E-state index in [0.717, 1.165) is 11.6 Å². The summed E-state index contributed by atoms with van der Waals surface area (Å²) in [6.45, 7) is 0.241. The average Bonchev–Trinajstić information content (AvgIpc) is 3.20. The van der Waals surface area contributed by atoms with Gasteiger partial charge in [-0.2, -0.15) is 0 Å². The van der Waals surface area contributed by atoms with Crippen molar-refractivity contribution < 1.29 is 23.6 Å². The smallest absolute Gasteiger partial charge is 0.288 e. The van der Waals surface area contributed by atoms with Gasteiger partial charge in [-0.25, -0.2) is 4.39 Å². The highest BCUT2D eigenvalue weighted by Gasteiger charge is 2.23. The van der Waals surface area contributed by atoms with Crippen molar-refractivity contribution in [2.45, 2.75) is 6.54 Å². The number of rotatable bonds is 5. The monoisotopic (exact) mass is 428 g/mol. The van der Waals surface area contributed by atoms with Crippen molar-refractivity contribution in [2.24, 2.45) is 0 Å². The van der Waals surface area contributed by atoms with E-state index in [2.05, 4.69) is 0 Å². The third-order valence-corrected chi connectivity index (χ3v) is 4.87. The lowest BCUT2D eigenvalue weighted by Crippen LogP contribution is -2.30. The van der Waals surface area contributed by atoms with Gasteiger partial charge in [-0.05, 0) is 54.1 Å².